The van der Waals surface area contributed by atoms with E-state index in [1.807, 2.05) is 0 Å². The SMILES string of the molecule is CC1CC(=O)CC12CC(C1CC1)CC2C. The summed E-state index contributed by atoms with van der Waals surface area (Å²) in [6, 6.07) is 0. The van der Waals surface area contributed by atoms with Crippen molar-refractivity contribution in [3.05, 3.63) is 0 Å². The Balaban J connectivity index is 1.82. The molecule has 1 nitrogen and oxygen atoms in total. The van der Waals surface area contributed by atoms with Crippen LogP contribution >= 0.6 is 0 Å². The summed E-state index contributed by atoms with van der Waals surface area (Å²) in [6.45, 7) is 4.72. The zero-order chi connectivity index (χ0) is 10.6. The van der Waals surface area contributed by atoms with Gasteiger partial charge in [-0.05, 0) is 54.8 Å². The van der Waals surface area contributed by atoms with Crippen LogP contribution in [0.5, 0.6) is 0 Å². The molecule has 3 aliphatic rings. The lowest BCUT2D eigenvalue weighted by Crippen LogP contribution is -2.26. The summed E-state index contributed by atoms with van der Waals surface area (Å²) in [6.07, 6.45) is 7.47. The van der Waals surface area contributed by atoms with Gasteiger partial charge in [-0.3, -0.25) is 4.79 Å². The lowest BCUT2D eigenvalue weighted by atomic mass is 9.71. The van der Waals surface area contributed by atoms with E-state index in [-0.39, 0.29) is 0 Å². The highest BCUT2D eigenvalue weighted by atomic mass is 16.1. The molecule has 3 fully saturated rings. The lowest BCUT2D eigenvalue weighted by Gasteiger charge is -2.33. The smallest absolute Gasteiger partial charge is 0.133 e. The zero-order valence-electron chi connectivity index (χ0n) is 9.96. The van der Waals surface area contributed by atoms with Gasteiger partial charge in [0.25, 0.3) is 0 Å². The van der Waals surface area contributed by atoms with E-state index < -0.39 is 0 Å². The highest BCUT2D eigenvalue weighted by molar-refractivity contribution is 5.82. The number of hydrogen-bond donors (Lipinski definition) is 0. The predicted octanol–water partition coefficient (Wildman–Crippen LogP) is 3.43. The summed E-state index contributed by atoms with van der Waals surface area (Å²) in [5.74, 6) is 3.99. The zero-order valence-corrected chi connectivity index (χ0v) is 9.96. The first-order valence-corrected chi connectivity index (χ1v) is 6.63. The standard InChI is InChI=1S/C14H22O/c1-9-5-12(11-3-4-11)7-14(9)8-13(15)6-10(14)2/h9-12H,3-8H2,1-2H3. The van der Waals surface area contributed by atoms with Gasteiger partial charge in [0.2, 0.25) is 0 Å². The van der Waals surface area contributed by atoms with Crippen molar-refractivity contribution < 1.29 is 4.79 Å². The fourth-order valence-corrected chi connectivity index (χ4v) is 4.48. The maximum atomic E-state index is 11.7. The molecule has 4 atom stereocenters. The molecule has 0 aliphatic heterocycles. The topological polar surface area (TPSA) is 17.1 Å². The van der Waals surface area contributed by atoms with E-state index in [9.17, 15) is 4.79 Å². The Kier molecular flexibility index (Phi) is 2.03. The molecule has 84 valence electrons. The second kappa shape index (κ2) is 3.09. The Bertz CT molecular complexity index is 292. The Labute approximate surface area is 92.6 Å². The van der Waals surface area contributed by atoms with Gasteiger partial charge in [-0.25, -0.2) is 0 Å². The summed E-state index contributed by atoms with van der Waals surface area (Å²) in [5.41, 5.74) is 0.421. The van der Waals surface area contributed by atoms with Crippen LogP contribution in [0.2, 0.25) is 0 Å². The van der Waals surface area contributed by atoms with Gasteiger partial charge in [-0.1, -0.05) is 13.8 Å². The van der Waals surface area contributed by atoms with Crippen LogP contribution in [-0.2, 0) is 4.79 Å². The molecule has 0 amide bonds. The minimum Gasteiger partial charge on any atom is -0.300 e. The summed E-state index contributed by atoms with van der Waals surface area (Å²) >= 11 is 0. The van der Waals surface area contributed by atoms with Gasteiger partial charge >= 0.3 is 0 Å². The van der Waals surface area contributed by atoms with Crippen molar-refractivity contribution in [2.45, 2.75) is 52.4 Å². The second-order valence-electron chi connectivity index (χ2n) is 6.49. The Hall–Kier alpha value is -0.330. The Morgan fingerprint density at radius 1 is 1.13 bits per heavy atom. The molecule has 0 heterocycles. The molecule has 3 aliphatic carbocycles. The third kappa shape index (κ3) is 1.38. The van der Waals surface area contributed by atoms with Gasteiger partial charge in [0.15, 0.2) is 0 Å². The molecule has 0 N–H and O–H groups in total. The van der Waals surface area contributed by atoms with Crippen LogP contribution in [0.25, 0.3) is 0 Å². The van der Waals surface area contributed by atoms with Crippen LogP contribution < -0.4 is 0 Å². The Morgan fingerprint density at radius 2 is 1.87 bits per heavy atom. The molecule has 3 saturated carbocycles. The lowest BCUT2D eigenvalue weighted by molar-refractivity contribution is -0.118. The maximum absolute atomic E-state index is 11.7. The monoisotopic (exact) mass is 206 g/mol. The van der Waals surface area contributed by atoms with Gasteiger partial charge in [0.1, 0.15) is 5.78 Å². The normalized spacial score (nSPS) is 50.5. The van der Waals surface area contributed by atoms with Crippen LogP contribution in [0.3, 0.4) is 0 Å². The first-order valence-electron chi connectivity index (χ1n) is 6.63. The van der Waals surface area contributed by atoms with Crippen molar-refractivity contribution in [3.8, 4) is 0 Å². The second-order valence-corrected chi connectivity index (χ2v) is 6.49. The van der Waals surface area contributed by atoms with Crippen molar-refractivity contribution in [1.29, 1.82) is 0 Å². The third-order valence-electron chi connectivity index (χ3n) is 5.61. The number of hydrogen-bond acceptors (Lipinski definition) is 1. The van der Waals surface area contributed by atoms with Crippen LogP contribution in [0, 0.1) is 29.1 Å². The van der Waals surface area contributed by atoms with Gasteiger partial charge in [-0.15, -0.1) is 0 Å². The molecular weight excluding hydrogens is 184 g/mol. The molecule has 1 spiro atoms. The van der Waals surface area contributed by atoms with Crippen LogP contribution in [0.4, 0.5) is 0 Å². The molecule has 0 aromatic heterocycles. The van der Waals surface area contributed by atoms with Crippen LogP contribution in [0.1, 0.15) is 52.4 Å². The predicted molar refractivity (Wildman–Crippen MR) is 60.5 cm³/mol. The van der Waals surface area contributed by atoms with Crippen molar-refractivity contribution in [3.63, 3.8) is 0 Å². The molecule has 0 saturated heterocycles. The maximum Gasteiger partial charge on any atom is 0.133 e. The third-order valence-corrected chi connectivity index (χ3v) is 5.61. The summed E-state index contributed by atoms with van der Waals surface area (Å²) in [7, 11) is 0. The van der Waals surface area contributed by atoms with Gasteiger partial charge < -0.3 is 0 Å². The minimum absolute atomic E-state index is 0.421. The van der Waals surface area contributed by atoms with Gasteiger partial charge in [0.05, 0.1) is 0 Å². The van der Waals surface area contributed by atoms with Crippen LogP contribution in [-0.4, -0.2) is 5.78 Å². The number of carbonyl (C=O) groups is 1. The summed E-state index contributed by atoms with van der Waals surface area (Å²) in [5, 5.41) is 0. The Morgan fingerprint density at radius 3 is 2.40 bits per heavy atom. The number of carbonyl (C=O) groups excluding carboxylic acids is 1. The minimum atomic E-state index is 0.421. The fourth-order valence-electron chi connectivity index (χ4n) is 4.48. The van der Waals surface area contributed by atoms with E-state index in [4.69, 9.17) is 0 Å². The van der Waals surface area contributed by atoms with E-state index in [2.05, 4.69) is 13.8 Å². The van der Waals surface area contributed by atoms with Crippen molar-refractivity contribution in [2.75, 3.05) is 0 Å². The van der Waals surface area contributed by atoms with E-state index in [0.717, 1.165) is 30.6 Å². The number of Topliss-reactive ketones (excluding diaryl/α,β-unsaturated/α-hetero) is 1. The van der Waals surface area contributed by atoms with Gasteiger partial charge in [-0.2, -0.15) is 0 Å². The van der Waals surface area contributed by atoms with Crippen molar-refractivity contribution >= 4 is 5.78 Å². The van der Waals surface area contributed by atoms with Crippen molar-refractivity contribution in [2.24, 2.45) is 29.1 Å². The molecule has 0 radical (unpaired) electrons. The van der Waals surface area contributed by atoms with Crippen molar-refractivity contribution in [1.82, 2.24) is 0 Å². The number of ketones is 1. The summed E-state index contributed by atoms with van der Waals surface area (Å²) in [4.78, 5) is 11.7. The highest BCUT2D eigenvalue weighted by Gasteiger charge is 2.55. The fraction of sp³-hybridized carbons (Fsp3) is 0.929. The molecule has 3 rings (SSSR count). The molecule has 0 aromatic rings. The molecule has 15 heavy (non-hydrogen) atoms. The van der Waals surface area contributed by atoms with Gasteiger partial charge in [0, 0.05) is 12.8 Å². The van der Waals surface area contributed by atoms with Crippen LogP contribution in [0.15, 0.2) is 0 Å². The molecular formula is C14H22O. The van der Waals surface area contributed by atoms with E-state index in [1.54, 1.807) is 0 Å². The highest BCUT2D eigenvalue weighted by Crippen LogP contribution is 2.61. The largest absolute Gasteiger partial charge is 0.300 e. The average molecular weight is 206 g/mol. The molecule has 4 unspecified atom stereocenters. The first-order chi connectivity index (χ1) is 7.12. The molecule has 1 heteroatoms. The first kappa shape index (κ1) is 9.86. The number of rotatable bonds is 1. The van der Waals surface area contributed by atoms with E-state index in [0.29, 0.717) is 17.1 Å². The average Bonchev–Trinajstić information content (AvgIpc) is 2.89. The summed E-state index contributed by atoms with van der Waals surface area (Å²) < 4.78 is 0. The molecule has 0 bridgehead atoms. The van der Waals surface area contributed by atoms with E-state index in [1.165, 1.54) is 25.7 Å². The quantitative estimate of drug-likeness (QED) is 0.642. The van der Waals surface area contributed by atoms with E-state index >= 15 is 0 Å². The molecule has 0 aromatic carbocycles.